The fraction of sp³-hybridized carbons (Fsp3) is 0.556. The van der Waals surface area contributed by atoms with Gasteiger partial charge in [-0.05, 0) is 25.0 Å². The molecule has 0 aromatic heterocycles. The molecule has 26 heavy (non-hydrogen) atoms. The number of nitrogens with one attached hydrogen (secondary N) is 2. The third-order valence-electron chi connectivity index (χ3n) is 4.81. The van der Waals surface area contributed by atoms with E-state index in [4.69, 9.17) is 14.2 Å². The molecule has 4 rings (SSSR count). The Bertz CT molecular complexity index is 689. The minimum Gasteiger partial charge on any atom is -0.486 e. The highest BCUT2D eigenvalue weighted by Gasteiger charge is 2.32. The van der Waals surface area contributed by atoms with Gasteiger partial charge in [-0.1, -0.05) is 0 Å². The maximum Gasteiger partial charge on any atom is 0.315 e. The van der Waals surface area contributed by atoms with Crippen molar-refractivity contribution in [1.82, 2.24) is 10.6 Å². The quantitative estimate of drug-likeness (QED) is 0.837. The number of benzene rings is 1. The molecule has 8 heteroatoms. The van der Waals surface area contributed by atoms with Crippen LogP contribution in [0.3, 0.4) is 0 Å². The second kappa shape index (κ2) is 7.41. The summed E-state index contributed by atoms with van der Waals surface area (Å²) in [5.74, 6) is 1.31. The molecule has 1 aromatic carbocycles. The lowest BCUT2D eigenvalue weighted by atomic mass is 10.2. The monoisotopic (exact) mass is 361 g/mol. The smallest absolute Gasteiger partial charge is 0.315 e. The van der Waals surface area contributed by atoms with Gasteiger partial charge in [0.1, 0.15) is 13.2 Å². The van der Waals surface area contributed by atoms with Gasteiger partial charge >= 0.3 is 6.03 Å². The van der Waals surface area contributed by atoms with Crippen molar-refractivity contribution in [3.8, 4) is 11.5 Å². The normalized spacial score (nSPS) is 24.6. The second-order valence-corrected chi connectivity index (χ2v) is 6.72. The lowest BCUT2D eigenvalue weighted by Gasteiger charge is -2.22. The Morgan fingerprint density at radius 3 is 2.85 bits per heavy atom. The molecule has 0 unspecified atom stereocenters. The highest BCUT2D eigenvalue weighted by Crippen LogP contribution is 2.35. The lowest BCUT2D eigenvalue weighted by molar-refractivity contribution is -0.117. The second-order valence-electron chi connectivity index (χ2n) is 6.72. The standard InChI is InChI=1S/C18H23N3O5/c22-17-8-12(20-18(23)19-10-14-2-1-5-24-14)11-21(17)13-3-4-15-16(9-13)26-7-6-25-15/h3-4,9,12,14H,1-2,5-8,10-11H2,(H2,19,20,23)/t12-,14-/m0/s1. The third kappa shape index (κ3) is 3.70. The number of anilines is 1. The van der Waals surface area contributed by atoms with Crippen LogP contribution in [0.5, 0.6) is 11.5 Å². The molecule has 3 amide bonds. The molecule has 3 heterocycles. The zero-order valence-corrected chi connectivity index (χ0v) is 14.5. The largest absolute Gasteiger partial charge is 0.486 e. The first-order valence-electron chi connectivity index (χ1n) is 9.05. The van der Waals surface area contributed by atoms with Crippen LogP contribution in [-0.2, 0) is 9.53 Å². The van der Waals surface area contributed by atoms with E-state index in [2.05, 4.69) is 10.6 Å². The van der Waals surface area contributed by atoms with Crippen molar-refractivity contribution >= 4 is 17.6 Å². The van der Waals surface area contributed by atoms with E-state index in [0.29, 0.717) is 37.8 Å². The van der Waals surface area contributed by atoms with Crippen molar-refractivity contribution in [2.24, 2.45) is 0 Å². The van der Waals surface area contributed by atoms with Crippen LogP contribution in [0.15, 0.2) is 18.2 Å². The summed E-state index contributed by atoms with van der Waals surface area (Å²) in [5.41, 5.74) is 0.753. The molecule has 2 atom stereocenters. The van der Waals surface area contributed by atoms with Crippen molar-refractivity contribution in [3.05, 3.63) is 18.2 Å². The summed E-state index contributed by atoms with van der Waals surface area (Å²) in [7, 11) is 0. The number of nitrogens with zero attached hydrogens (tertiary/aromatic N) is 1. The number of fused-ring (bicyclic) bond motifs is 1. The van der Waals surface area contributed by atoms with E-state index in [1.807, 2.05) is 18.2 Å². The first-order chi connectivity index (χ1) is 12.7. The SMILES string of the molecule is O=C(NC[C@@H]1CCCO1)N[C@H]1CC(=O)N(c2ccc3c(c2)OCCO3)C1. The Kier molecular flexibility index (Phi) is 4.83. The van der Waals surface area contributed by atoms with E-state index in [9.17, 15) is 9.59 Å². The zero-order valence-electron chi connectivity index (χ0n) is 14.5. The van der Waals surface area contributed by atoms with Crippen LogP contribution in [0.2, 0.25) is 0 Å². The number of rotatable bonds is 4. The number of carbonyl (C=O) groups is 2. The molecular formula is C18H23N3O5. The lowest BCUT2D eigenvalue weighted by Crippen LogP contribution is -2.45. The summed E-state index contributed by atoms with van der Waals surface area (Å²) in [6.45, 7) is 2.72. The fourth-order valence-corrected chi connectivity index (χ4v) is 3.50. The highest BCUT2D eigenvalue weighted by atomic mass is 16.6. The average molecular weight is 361 g/mol. The van der Waals surface area contributed by atoms with Crippen molar-refractivity contribution in [2.45, 2.75) is 31.4 Å². The Hall–Kier alpha value is -2.48. The molecule has 3 aliphatic rings. The van der Waals surface area contributed by atoms with Gasteiger partial charge in [-0.2, -0.15) is 0 Å². The molecule has 0 spiro atoms. The molecule has 8 nitrogen and oxygen atoms in total. The van der Waals surface area contributed by atoms with Gasteiger partial charge in [-0.15, -0.1) is 0 Å². The van der Waals surface area contributed by atoms with Crippen LogP contribution in [0, 0.1) is 0 Å². The van der Waals surface area contributed by atoms with Crippen LogP contribution in [-0.4, -0.2) is 57.0 Å². The van der Waals surface area contributed by atoms with E-state index in [1.54, 1.807) is 4.90 Å². The van der Waals surface area contributed by atoms with Crippen LogP contribution < -0.4 is 25.0 Å². The van der Waals surface area contributed by atoms with Crippen molar-refractivity contribution in [1.29, 1.82) is 0 Å². The summed E-state index contributed by atoms with van der Waals surface area (Å²) in [4.78, 5) is 26.1. The van der Waals surface area contributed by atoms with E-state index in [-0.39, 0.29) is 30.5 Å². The van der Waals surface area contributed by atoms with Crippen LogP contribution >= 0.6 is 0 Å². The van der Waals surface area contributed by atoms with E-state index >= 15 is 0 Å². The molecular weight excluding hydrogens is 338 g/mol. The van der Waals surface area contributed by atoms with Gasteiger partial charge in [0, 0.05) is 37.9 Å². The maximum absolute atomic E-state index is 12.4. The Morgan fingerprint density at radius 1 is 1.19 bits per heavy atom. The number of hydrogen-bond acceptors (Lipinski definition) is 5. The number of carbonyl (C=O) groups excluding carboxylic acids is 2. The van der Waals surface area contributed by atoms with Gasteiger partial charge < -0.3 is 29.7 Å². The molecule has 2 N–H and O–H groups in total. The Morgan fingerprint density at radius 2 is 2.04 bits per heavy atom. The molecule has 0 bridgehead atoms. The molecule has 2 fully saturated rings. The van der Waals surface area contributed by atoms with Crippen molar-refractivity contribution < 1.29 is 23.8 Å². The predicted molar refractivity (Wildman–Crippen MR) is 93.7 cm³/mol. The number of urea groups is 1. The van der Waals surface area contributed by atoms with Crippen LogP contribution in [0.1, 0.15) is 19.3 Å². The average Bonchev–Trinajstić information content (AvgIpc) is 3.29. The van der Waals surface area contributed by atoms with Gasteiger partial charge in [0.25, 0.3) is 0 Å². The van der Waals surface area contributed by atoms with Gasteiger partial charge in [-0.25, -0.2) is 4.79 Å². The van der Waals surface area contributed by atoms with Gasteiger partial charge in [0.2, 0.25) is 5.91 Å². The first-order valence-corrected chi connectivity index (χ1v) is 9.05. The molecule has 2 saturated heterocycles. The number of amides is 3. The van der Waals surface area contributed by atoms with Crippen LogP contribution in [0.4, 0.5) is 10.5 Å². The molecule has 0 radical (unpaired) electrons. The number of ether oxygens (including phenoxy) is 3. The minimum absolute atomic E-state index is 0.0221. The summed E-state index contributed by atoms with van der Waals surface area (Å²) in [6, 6.07) is 4.98. The molecule has 3 aliphatic heterocycles. The van der Waals surface area contributed by atoms with E-state index < -0.39 is 0 Å². The third-order valence-corrected chi connectivity index (χ3v) is 4.81. The zero-order chi connectivity index (χ0) is 17.9. The first kappa shape index (κ1) is 17.0. The summed E-state index contributed by atoms with van der Waals surface area (Å²) < 4.78 is 16.6. The van der Waals surface area contributed by atoms with E-state index in [0.717, 1.165) is 25.1 Å². The van der Waals surface area contributed by atoms with Gasteiger partial charge in [0.15, 0.2) is 11.5 Å². The summed E-state index contributed by atoms with van der Waals surface area (Å²) in [6.07, 6.45) is 2.39. The maximum atomic E-state index is 12.4. The number of hydrogen-bond donors (Lipinski definition) is 2. The Labute approximate surface area is 151 Å². The highest BCUT2D eigenvalue weighted by molar-refractivity contribution is 5.97. The fourth-order valence-electron chi connectivity index (χ4n) is 3.50. The van der Waals surface area contributed by atoms with Crippen LogP contribution in [0.25, 0.3) is 0 Å². The Balaban J connectivity index is 1.32. The minimum atomic E-state index is -0.262. The molecule has 1 aromatic rings. The van der Waals surface area contributed by atoms with Crippen molar-refractivity contribution in [3.63, 3.8) is 0 Å². The molecule has 0 aliphatic carbocycles. The molecule has 0 saturated carbocycles. The summed E-state index contributed by atoms with van der Waals surface area (Å²) >= 11 is 0. The van der Waals surface area contributed by atoms with Crippen molar-refractivity contribution in [2.75, 3.05) is 37.8 Å². The summed E-state index contributed by atoms with van der Waals surface area (Å²) in [5, 5.41) is 5.69. The van der Waals surface area contributed by atoms with E-state index in [1.165, 1.54) is 0 Å². The topological polar surface area (TPSA) is 89.1 Å². The van der Waals surface area contributed by atoms with Gasteiger partial charge in [0.05, 0.1) is 12.1 Å². The molecule has 140 valence electrons. The van der Waals surface area contributed by atoms with Gasteiger partial charge in [-0.3, -0.25) is 4.79 Å². The predicted octanol–water partition coefficient (Wildman–Crippen LogP) is 1.04.